The molecule has 0 saturated carbocycles. The van der Waals surface area contributed by atoms with E-state index in [1.54, 1.807) is 29.2 Å². The van der Waals surface area contributed by atoms with Crippen molar-refractivity contribution >= 4 is 35.6 Å². The summed E-state index contributed by atoms with van der Waals surface area (Å²) in [5.41, 5.74) is 7.10. The number of amides is 2. The minimum atomic E-state index is -0.491. The molecule has 0 aliphatic rings. The van der Waals surface area contributed by atoms with Crippen LogP contribution in [0.4, 0.5) is 11.4 Å². The molecule has 22 heavy (non-hydrogen) atoms. The fourth-order valence-corrected chi connectivity index (χ4v) is 1.80. The van der Waals surface area contributed by atoms with E-state index in [1.807, 2.05) is 21.0 Å². The molecule has 1 aromatic carbocycles. The lowest BCUT2D eigenvalue weighted by Gasteiger charge is -2.12. The van der Waals surface area contributed by atoms with Gasteiger partial charge in [-0.05, 0) is 44.8 Å². The van der Waals surface area contributed by atoms with Gasteiger partial charge in [0.25, 0.3) is 0 Å². The van der Waals surface area contributed by atoms with Gasteiger partial charge in [0.15, 0.2) is 0 Å². The maximum atomic E-state index is 11.8. The fraction of sp³-hybridized carbons (Fsp3) is 0.467. The molecule has 1 unspecified atom stereocenters. The molecule has 0 fully saturated rings. The largest absolute Gasteiger partial charge is 0.325 e. The van der Waals surface area contributed by atoms with Crippen LogP contribution >= 0.6 is 12.4 Å². The normalized spacial score (nSPS) is 11.5. The van der Waals surface area contributed by atoms with Gasteiger partial charge in [-0.15, -0.1) is 12.4 Å². The van der Waals surface area contributed by atoms with E-state index in [4.69, 9.17) is 5.73 Å². The molecular formula is C15H25ClN4O2. The lowest BCUT2D eigenvalue weighted by molar-refractivity contribution is -0.118. The second-order valence-corrected chi connectivity index (χ2v) is 5.25. The van der Waals surface area contributed by atoms with Gasteiger partial charge in [0.05, 0.1) is 12.6 Å². The molecule has 1 atom stereocenters. The van der Waals surface area contributed by atoms with Crippen molar-refractivity contribution in [2.45, 2.75) is 25.8 Å². The zero-order valence-electron chi connectivity index (χ0n) is 13.3. The Morgan fingerprint density at radius 2 is 1.64 bits per heavy atom. The van der Waals surface area contributed by atoms with E-state index in [0.717, 1.165) is 6.42 Å². The Bertz CT molecular complexity index is 477. The number of carbonyl (C=O) groups excluding carboxylic acids is 2. The third-order valence-electron chi connectivity index (χ3n) is 2.83. The summed E-state index contributed by atoms with van der Waals surface area (Å²) < 4.78 is 0. The van der Waals surface area contributed by atoms with Crippen LogP contribution in [0, 0.1) is 0 Å². The quantitative estimate of drug-likeness (QED) is 0.710. The summed E-state index contributed by atoms with van der Waals surface area (Å²) in [7, 11) is 3.66. The van der Waals surface area contributed by atoms with Gasteiger partial charge in [0, 0.05) is 11.4 Å². The highest BCUT2D eigenvalue weighted by Gasteiger charge is 2.12. The van der Waals surface area contributed by atoms with Crippen molar-refractivity contribution in [3.63, 3.8) is 0 Å². The molecule has 1 rings (SSSR count). The molecule has 0 aromatic heterocycles. The van der Waals surface area contributed by atoms with E-state index in [0.29, 0.717) is 24.3 Å². The molecule has 0 aliphatic carbocycles. The van der Waals surface area contributed by atoms with Gasteiger partial charge in [0.1, 0.15) is 0 Å². The number of nitrogens with two attached hydrogens (primary N) is 1. The number of anilines is 2. The van der Waals surface area contributed by atoms with Crippen LogP contribution in [0.3, 0.4) is 0 Å². The highest BCUT2D eigenvalue weighted by molar-refractivity contribution is 5.95. The summed E-state index contributed by atoms with van der Waals surface area (Å²) >= 11 is 0. The average Bonchev–Trinajstić information content (AvgIpc) is 2.40. The maximum Gasteiger partial charge on any atom is 0.241 e. The van der Waals surface area contributed by atoms with Gasteiger partial charge in [-0.25, -0.2) is 0 Å². The lowest BCUT2D eigenvalue weighted by atomic mass is 10.1. The first-order valence-corrected chi connectivity index (χ1v) is 7.03. The topological polar surface area (TPSA) is 87.5 Å². The summed E-state index contributed by atoms with van der Waals surface area (Å²) in [6.07, 6.45) is 1.52. The molecule has 0 bridgehead atoms. The maximum absolute atomic E-state index is 11.8. The Morgan fingerprint density at radius 1 is 1.14 bits per heavy atom. The van der Waals surface area contributed by atoms with Gasteiger partial charge in [-0.2, -0.15) is 0 Å². The van der Waals surface area contributed by atoms with Gasteiger partial charge >= 0.3 is 0 Å². The predicted octanol–water partition coefficient (Wildman–Crippen LogP) is 1.67. The molecule has 1 aromatic rings. The predicted molar refractivity (Wildman–Crippen MR) is 92.4 cm³/mol. The molecule has 2 amide bonds. The smallest absolute Gasteiger partial charge is 0.241 e. The fourth-order valence-electron chi connectivity index (χ4n) is 1.80. The molecule has 0 saturated heterocycles. The second-order valence-electron chi connectivity index (χ2n) is 5.25. The van der Waals surface area contributed by atoms with Crippen molar-refractivity contribution in [2.24, 2.45) is 5.73 Å². The van der Waals surface area contributed by atoms with E-state index >= 15 is 0 Å². The summed E-state index contributed by atoms with van der Waals surface area (Å²) in [6, 6.07) is 6.47. The lowest BCUT2D eigenvalue weighted by Crippen LogP contribution is -2.35. The number of likely N-dealkylation sites (N-methyl/N-ethyl adjacent to an activating group) is 1. The first kappa shape index (κ1) is 20.4. The first-order valence-electron chi connectivity index (χ1n) is 7.03. The molecule has 7 heteroatoms. The minimum Gasteiger partial charge on any atom is -0.325 e. The molecule has 4 N–H and O–H groups in total. The van der Waals surface area contributed by atoms with E-state index in [2.05, 4.69) is 10.6 Å². The summed E-state index contributed by atoms with van der Waals surface area (Å²) in [5, 5.41) is 5.53. The van der Waals surface area contributed by atoms with E-state index < -0.39 is 6.04 Å². The Hall–Kier alpha value is -1.63. The zero-order chi connectivity index (χ0) is 15.8. The number of nitrogens with one attached hydrogen (secondary N) is 2. The van der Waals surface area contributed by atoms with Crippen LogP contribution in [-0.2, 0) is 9.59 Å². The third-order valence-corrected chi connectivity index (χ3v) is 2.83. The van der Waals surface area contributed by atoms with Crippen molar-refractivity contribution < 1.29 is 9.59 Å². The second kappa shape index (κ2) is 10.2. The molecule has 0 radical (unpaired) electrons. The molecule has 0 spiro atoms. The van der Waals surface area contributed by atoms with Gasteiger partial charge < -0.3 is 21.3 Å². The van der Waals surface area contributed by atoms with Crippen molar-refractivity contribution in [1.29, 1.82) is 0 Å². The molecule has 124 valence electrons. The van der Waals surface area contributed by atoms with Crippen LogP contribution in [0.15, 0.2) is 24.3 Å². The van der Waals surface area contributed by atoms with Crippen molar-refractivity contribution in [2.75, 3.05) is 31.3 Å². The monoisotopic (exact) mass is 328 g/mol. The molecule has 0 aliphatic heterocycles. The van der Waals surface area contributed by atoms with Crippen LogP contribution in [0.5, 0.6) is 0 Å². The number of halogens is 1. The van der Waals surface area contributed by atoms with E-state index in [-0.39, 0.29) is 24.2 Å². The van der Waals surface area contributed by atoms with E-state index in [9.17, 15) is 9.59 Å². The van der Waals surface area contributed by atoms with Crippen molar-refractivity contribution in [3.05, 3.63) is 24.3 Å². The molecular weight excluding hydrogens is 304 g/mol. The van der Waals surface area contributed by atoms with Crippen LogP contribution in [-0.4, -0.2) is 43.4 Å². The van der Waals surface area contributed by atoms with Gasteiger partial charge in [-0.3, -0.25) is 9.59 Å². The highest BCUT2D eigenvalue weighted by atomic mass is 35.5. The van der Waals surface area contributed by atoms with Crippen molar-refractivity contribution in [3.8, 4) is 0 Å². The minimum absolute atomic E-state index is 0. The summed E-state index contributed by atoms with van der Waals surface area (Å²) in [6.45, 7) is 2.31. The third kappa shape index (κ3) is 7.40. The average molecular weight is 329 g/mol. The number of benzene rings is 1. The van der Waals surface area contributed by atoms with Crippen LogP contribution in [0.2, 0.25) is 0 Å². The van der Waals surface area contributed by atoms with Crippen LogP contribution in [0.1, 0.15) is 19.8 Å². The number of hydrogen-bond donors (Lipinski definition) is 3. The zero-order valence-corrected chi connectivity index (χ0v) is 14.1. The first-order chi connectivity index (χ1) is 9.92. The number of carbonyl (C=O) groups is 2. The van der Waals surface area contributed by atoms with E-state index in [1.165, 1.54) is 0 Å². The van der Waals surface area contributed by atoms with Crippen molar-refractivity contribution in [1.82, 2.24) is 4.90 Å². The van der Waals surface area contributed by atoms with Gasteiger partial charge in [0.2, 0.25) is 11.8 Å². The summed E-state index contributed by atoms with van der Waals surface area (Å²) in [4.78, 5) is 25.2. The Balaban J connectivity index is 0.00000441. The van der Waals surface area contributed by atoms with Gasteiger partial charge in [-0.1, -0.05) is 13.3 Å². The molecule has 0 heterocycles. The Kier molecular flexibility index (Phi) is 9.40. The molecule has 6 nitrogen and oxygen atoms in total. The standard InChI is InChI=1S/C15H24N4O2.ClH/c1-4-5-13(16)15(21)18-12-8-6-11(7-9-12)17-14(20)10-19(2)3;/h6-9,13H,4-5,10,16H2,1-3H3,(H,17,20)(H,18,21);1H. The summed E-state index contributed by atoms with van der Waals surface area (Å²) in [5.74, 6) is -0.275. The number of nitrogens with zero attached hydrogens (tertiary/aromatic N) is 1. The Labute approximate surface area is 137 Å². The number of rotatable bonds is 7. The number of hydrogen-bond acceptors (Lipinski definition) is 4. The SMILES string of the molecule is CCCC(N)C(=O)Nc1ccc(NC(=O)CN(C)C)cc1.Cl. The Morgan fingerprint density at radius 3 is 2.09 bits per heavy atom. The van der Waals surface area contributed by atoms with Crippen LogP contribution < -0.4 is 16.4 Å². The highest BCUT2D eigenvalue weighted by Crippen LogP contribution is 2.14. The van der Waals surface area contributed by atoms with Crippen LogP contribution in [0.25, 0.3) is 0 Å².